The number of ether oxygens (including phenoxy) is 1. The topological polar surface area (TPSA) is 26.3 Å². The van der Waals surface area contributed by atoms with E-state index in [1.165, 1.54) is 6.26 Å². The second-order valence-corrected chi connectivity index (χ2v) is 2.38. The maximum atomic E-state index is 10.7. The summed E-state index contributed by atoms with van der Waals surface area (Å²) in [6.07, 6.45) is 1.41. The quantitative estimate of drug-likeness (QED) is 0.333. The average Bonchev–Trinajstić information content (AvgIpc) is 1.82. The van der Waals surface area contributed by atoms with E-state index in [2.05, 4.69) is 11.3 Å². The van der Waals surface area contributed by atoms with Gasteiger partial charge >= 0.3 is 5.97 Å². The molecule has 0 radical (unpaired) electrons. The van der Waals surface area contributed by atoms with Crippen LogP contribution in [0.1, 0.15) is 20.8 Å². The predicted molar refractivity (Wildman–Crippen MR) is 40.3 cm³/mol. The van der Waals surface area contributed by atoms with E-state index < -0.39 is 0 Å². The third-order valence-electron chi connectivity index (χ3n) is 0.750. The number of esters is 1. The van der Waals surface area contributed by atoms with Crippen molar-refractivity contribution in [2.24, 2.45) is 0 Å². The molecule has 0 heterocycles. The van der Waals surface area contributed by atoms with E-state index >= 15 is 0 Å². The molecule has 2 heteroatoms. The molecule has 0 spiro atoms. The van der Waals surface area contributed by atoms with Gasteiger partial charge < -0.3 is 4.74 Å². The summed E-state index contributed by atoms with van der Waals surface area (Å²) in [5.41, 5.74) is 1.37. The van der Waals surface area contributed by atoms with Crippen LogP contribution in [0.2, 0.25) is 0 Å². The summed E-state index contributed by atoms with van der Waals surface area (Å²) in [4.78, 5) is 10.7. The van der Waals surface area contributed by atoms with Crippen LogP contribution in [0.4, 0.5) is 0 Å². The fourth-order valence-electron chi connectivity index (χ4n) is 0.272. The van der Waals surface area contributed by atoms with E-state index in [0.717, 1.165) is 5.57 Å². The Kier molecular flexibility index (Phi) is 3.47. The number of carbonyl (C=O) groups is 1. The summed E-state index contributed by atoms with van der Waals surface area (Å²) in [5.74, 6) is -0.374. The van der Waals surface area contributed by atoms with E-state index in [9.17, 15) is 4.79 Å². The van der Waals surface area contributed by atoms with Gasteiger partial charge in [0.1, 0.15) is 0 Å². The van der Waals surface area contributed by atoms with Gasteiger partial charge in [-0.05, 0) is 26.3 Å². The van der Waals surface area contributed by atoms with Crippen molar-refractivity contribution in [3.8, 4) is 0 Å². The molecule has 0 N–H and O–H groups in total. The van der Waals surface area contributed by atoms with Crippen LogP contribution in [-0.4, -0.2) is 5.97 Å². The van der Waals surface area contributed by atoms with Crippen molar-refractivity contribution >= 4 is 5.97 Å². The lowest BCUT2D eigenvalue weighted by Gasteiger charge is -1.96. The van der Waals surface area contributed by atoms with Crippen molar-refractivity contribution in [3.63, 3.8) is 0 Å². The van der Waals surface area contributed by atoms with Crippen LogP contribution in [0, 0.1) is 0 Å². The van der Waals surface area contributed by atoms with E-state index in [-0.39, 0.29) is 5.97 Å². The van der Waals surface area contributed by atoms with E-state index in [1.54, 1.807) is 6.92 Å². The zero-order valence-corrected chi connectivity index (χ0v) is 6.60. The smallest absolute Gasteiger partial charge is 0.337 e. The van der Waals surface area contributed by atoms with Crippen molar-refractivity contribution in [3.05, 3.63) is 24.0 Å². The summed E-state index contributed by atoms with van der Waals surface area (Å²) in [5, 5.41) is 0. The van der Waals surface area contributed by atoms with Crippen molar-refractivity contribution in [1.82, 2.24) is 0 Å². The highest BCUT2D eigenvalue weighted by molar-refractivity contribution is 5.87. The summed E-state index contributed by atoms with van der Waals surface area (Å²) >= 11 is 0. The maximum absolute atomic E-state index is 10.7. The number of hydrogen-bond donors (Lipinski definition) is 0. The second-order valence-electron chi connectivity index (χ2n) is 2.38. The molecule has 0 aliphatic carbocycles. The molecule has 0 bridgehead atoms. The molecule has 10 heavy (non-hydrogen) atoms. The fourth-order valence-corrected chi connectivity index (χ4v) is 0.272. The van der Waals surface area contributed by atoms with Crippen LogP contribution in [0.15, 0.2) is 24.0 Å². The molecular weight excluding hydrogens is 128 g/mol. The Morgan fingerprint density at radius 1 is 1.40 bits per heavy atom. The lowest BCUT2D eigenvalue weighted by Crippen LogP contribution is -1.99. The largest absolute Gasteiger partial charge is 0.431 e. The average molecular weight is 140 g/mol. The minimum atomic E-state index is -0.374. The van der Waals surface area contributed by atoms with Crippen molar-refractivity contribution in [2.75, 3.05) is 0 Å². The molecule has 0 aromatic heterocycles. The van der Waals surface area contributed by atoms with Gasteiger partial charge in [-0.2, -0.15) is 0 Å². The lowest BCUT2D eigenvalue weighted by atomic mass is 10.4. The first-order chi connectivity index (χ1) is 4.54. The van der Waals surface area contributed by atoms with Gasteiger partial charge in [-0.25, -0.2) is 4.79 Å². The molecule has 0 saturated carbocycles. The standard InChI is InChI=1S/C8H12O2/c1-6(2)5-10-8(9)7(3)4/h5H,3H2,1-2,4H3. The molecular formula is C8H12O2. The van der Waals surface area contributed by atoms with Gasteiger partial charge in [-0.1, -0.05) is 6.58 Å². The number of allylic oxidation sites excluding steroid dienone is 1. The molecule has 0 amide bonds. The third-order valence-corrected chi connectivity index (χ3v) is 0.750. The normalized spacial score (nSPS) is 8.30. The van der Waals surface area contributed by atoms with E-state index in [1.807, 2.05) is 13.8 Å². The zero-order chi connectivity index (χ0) is 8.15. The first-order valence-electron chi connectivity index (χ1n) is 3.04. The van der Waals surface area contributed by atoms with Gasteiger partial charge in [0.15, 0.2) is 0 Å². The minimum absolute atomic E-state index is 0.374. The molecule has 0 saturated heterocycles. The Balaban J connectivity index is 3.83. The predicted octanol–water partition coefficient (Wildman–Crippen LogP) is 2.03. The summed E-state index contributed by atoms with van der Waals surface area (Å²) in [7, 11) is 0. The minimum Gasteiger partial charge on any atom is -0.431 e. The molecule has 0 aromatic carbocycles. The zero-order valence-electron chi connectivity index (χ0n) is 6.60. The van der Waals surface area contributed by atoms with Crippen LogP contribution in [0.25, 0.3) is 0 Å². The Hall–Kier alpha value is -1.05. The Morgan fingerprint density at radius 2 is 1.90 bits per heavy atom. The van der Waals surface area contributed by atoms with Crippen molar-refractivity contribution < 1.29 is 9.53 Å². The monoisotopic (exact) mass is 140 g/mol. The van der Waals surface area contributed by atoms with Gasteiger partial charge in [-0.15, -0.1) is 0 Å². The summed E-state index contributed by atoms with van der Waals surface area (Å²) < 4.78 is 4.66. The highest BCUT2D eigenvalue weighted by Gasteiger charge is 1.98. The molecule has 0 aliphatic rings. The van der Waals surface area contributed by atoms with Gasteiger partial charge in [-0.3, -0.25) is 0 Å². The van der Waals surface area contributed by atoms with Crippen LogP contribution >= 0.6 is 0 Å². The molecule has 2 nitrogen and oxygen atoms in total. The van der Waals surface area contributed by atoms with Gasteiger partial charge in [0.05, 0.1) is 6.26 Å². The first kappa shape index (κ1) is 8.95. The van der Waals surface area contributed by atoms with Crippen LogP contribution in [-0.2, 0) is 9.53 Å². The molecule has 0 fully saturated rings. The highest BCUT2D eigenvalue weighted by atomic mass is 16.5. The Bertz CT molecular complexity index is 174. The lowest BCUT2D eigenvalue weighted by molar-refractivity contribution is -0.133. The molecule has 0 aromatic rings. The summed E-state index contributed by atoms with van der Waals surface area (Å²) in [6, 6.07) is 0. The van der Waals surface area contributed by atoms with Crippen LogP contribution in [0.5, 0.6) is 0 Å². The SMILES string of the molecule is C=C(C)C(=O)OC=C(C)C. The van der Waals surface area contributed by atoms with Gasteiger partial charge in [0.2, 0.25) is 0 Å². The fraction of sp³-hybridized carbons (Fsp3) is 0.375. The van der Waals surface area contributed by atoms with Gasteiger partial charge in [0, 0.05) is 5.57 Å². The summed E-state index contributed by atoms with van der Waals surface area (Å²) in [6.45, 7) is 8.75. The second kappa shape index (κ2) is 3.88. The molecule has 0 aliphatic heterocycles. The maximum Gasteiger partial charge on any atom is 0.337 e. The van der Waals surface area contributed by atoms with Crippen molar-refractivity contribution in [2.45, 2.75) is 20.8 Å². The van der Waals surface area contributed by atoms with Crippen LogP contribution < -0.4 is 0 Å². The number of hydrogen-bond acceptors (Lipinski definition) is 2. The van der Waals surface area contributed by atoms with E-state index in [4.69, 9.17) is 0 Å². The van der Waals surface area contributed by atoms with E-state index in [0.29, 0.717) is 5.57 Å². The number of rotatable bonds is 2. The van der Waals surface area contributed by atoms with Gasteiger partial charge in [0.25, 0.3) is 0 Å². The molecule has 0 rings (SSSR count). The Labute approximate surface area is 61.2 Å². The molecule has 0 atom stereocenters. The number of carbonyl (C=O) groups excluding carboxylic acids is 1. The van der Waals surface area contributed by atoms with Crippen LogP contribution in [0.3, 0.4) is 0 Å². The third kappa shape index (κ3) is 3.89. The Morgan fingerprint density at radius 3 is 2.20 bits per heavy atom. The molecule has 56 valence electrons. The molecule has 0 unspecified atom stereocenters. The first-order valence-corrected chi connectivity index (χ1v) is 3.04. The highest BCUT2D eigenvalue weighted by Crippen LogP contribution is 1.95. The van der Waals surface area contributed by atoms with Crippen molar-refractivity contribution in [1.29, 1.82) is 0 Å².